The molecule has 1 saturated heterocycles. The SMILES string of the molecule is C[C@@H](C(=O)OCC(=O)Nc1cccc2c1N=S=N2)N1C(=O)[C@@H]2CCCC[C@H]2C1=O. The maximum Gasteiger partial charge on any atom is 0.329 e. The molecule has 2 aliphatic heterocycles. The van der Waals surface area contributed by atoms with Crippen LogP contribution in [0.15, 0.2) is 26.9 Å². The molecule has 1 aliphatic carbocycles. The van der Waals surface area contributed by atoms with Gasteiger partial charge in [-0.2, -0.15) is 8.73 Å². The number of likely N-dealkylation sites (tertiary alicyclic amines) is 1. The average Bonchev–Trinajstić information content (AvgIpc) is 3.30. The largest absolute Gasteiger partial charge is 0.454 e. The summed E-state index contributed by atoms with van der Waals surface area (Å²) in [6.45, 7) is 0.926. The van der Waals surface area contributed by atoms with E-state index in [-0.39, 0.29) is 23.7 Å². The first-order valence-electron chi connectivity index (χ1n) is 9.52. The number of hydrogen-bond acceptors (Lipinski definition) is 7. The van der Waals surface area contributed by atoms with Crippen LogP contribution in [-0.2, 0) is 35.3 Å². The van der Waals surface area contributed by atoms with Crippen LogP contribution in [0.25, 0.3) is 0 Å². The third-order valence-corrected chi connectivity index (χ3v) is 6.05. The van der Waals surface area contributed by atoms with E-state index in [0.29, 0.717) is 29.9 Å². The lowest BCUT2D eigenvalue weighted by Gasteiger charge is -2.21. The number of carbonyl (C=O) groups excluding carboxylic acids is 4. The topological polar surface area (TPSA) is 118 Å². The minimum absolute atomic E-state index is 0.309. The number of rotatable bonds is 5. The highest BCUT2D eigenvalue weighted by Gasteiger charge is 2.51. The van der Waals surface area contributed by atoms with E-state index in [1.165, 1.54) is 6.92 Å². The van der Waals surface area contributed by atoms with Gasteiger partial charge < -0.3 is 10.1 Å². The first-order chi connectivity index (χ1) is 14.0. The standard InChI is InChI=1S/C19H20N4O5S/c1-10(23-17(25)11-5-2-3-6-12(11)18(23)26)19(27)28-9-15(24)20-13-7-4-8-14-16(13)22-29-21-14/h4,7-8,10-12H,2-3,5-6,9H2,1H3,(H,20,24)/t10-,11+,12+/m0/s1. The number of carbonyl (C=O) groups is 4. The van der Waals surface area contributed by atoms with Crippen LogP contribution in [0, 0.1) is 11.8 Å². The molecule has 0 aromatic heterocycles. The quantitative estimate of drug-likeness (QED) is 0.593. The van der Waals surface area contributed by atoms with Crippen LogP contribution in [0.3, 0.4) is 0 Å². The van der Waals surface area contributed by atoms with E-state index in [2.05, 4.69) is 14.0 Å². The molecule has 10 heteroatoms. The van der Waals surface area contributed by atoms with E-state index in [0.717, 1.165) is 29.1 Å². The Morgan fingerprint density at radius 3 is 2.59 bits per heavy atom. The van der Waals surface area contributed by atoms with Crippen LogP contribution < -0.4 is 5.32 Å². The van der Waals surface area contributed by atoms with Crippen LogP contribution in [0.5, 0.6) is 0 Å². The summed E-state index contributed by atoms with van der Waals surface area (Å²) in [6.07, 6.45) is 3.17. The number of nitrogens with one attached hydrogen (secondary N) is 1. The van der Waals surface area contributed by atoms with Gasteiger partial charge in [-0.3, -0.25) is 19.3 Å². The Morgan fingerprint density at radius 2 is 1.90 bits per heavy atom. The van der Waals surface area contributed by atoms with Crippen molar-refractivity contribution in [1.29, 1.82) is 0 Å². The number of imide groups is 1. The lowest BCUT2D eigenvalue weighted by molar-refractivity contribution is -0.159. The van der Waals surface area contributed by atoms with E-state index in [4.69, 9.17) is 4.74 Å². The number of nitrogens with zero attached hydrogens (tertiary/aromatic N) is 3. The molecule has 1 aromatic rings. The minimum Gasteiger partial charge on any atom is -0.454 e. The van der Waals surface area contributed by atoms with Crippen molar-refractivity contribution in [3.05, 3.63) is 18.2 Å². The maximum absolute atomic E-state index is 12.6. The predicted molar refractivity (Wildman–Crippen MR) is 104 cm³/mol. The van der Waals surface area contributed by atoms with Crippen LogP contribution in [0.4, 0.5) is 17.1 Å². The molecule has 3 aliphatic rings. The zero-order valence-electron chi connectivity index (χ0n) is 15.8. The van der Waals surface area contributed by atoms with E-state index in [1.807, 2.05) is 0 Å². The average molecular weight is 416 g/mol. The highest BCUT2D eigenvalue weighted by Crippen LogP contribution is 2.39. The third-order valence-electron chi connectivity index (χ3n) is 5.51. The summed E-state index contributed by atoms with van der Waals surface area (Å²) in [5.74, 6) is -2.61. The fraction of sp³-hybridized carbons (Fsp3) is 0.474. The molecule has 4 rings (SSSR count). The number of fused-ring (bicyclic) bond motifs is 2. The molecular weight excluding hydrogens is 396 g/mol. The van der Waals surface area contributed by atoms with Crippen molar-refractivity contribution in [1.82, 2.24) is 4.90 Å². The van der Waals surface area contributed by atoms with Crippen LogP contribution in [0.2, 0.25) is 0 Å². The zero-order valence-corrected chi connectivity index (χ0v) is 16.6. The Labute approximate surface area is 170 Å². The smallest absolute Gasteiger partial charge is 0.329 e. The van der Waals surface area contributed by atoms with Crippen molar-refractivity contribution in [2.45, 2.75) is 38.6 Å². The van der Waals surface area contributed by atoms with E-state index in [9.17, 15) is 19.2 Å². The highest BCUT2D eigenvalue weighted by atomic mass is 32.1. The first-order valence-corrected chi connectivity index (χ1v) is 10.2. The Kier molecular flexibility index (Phi) is 5.27. The maximum atomic E-state index is 12.6. The molecule has 2 fully saturated rings. The lowest BCUT2D eigenvalue weighted by atomic mass is 9.81. The minimum atomic E-state index is -1.06. The summed E-state index contributed by atoms with van der Waals surface area (Å²) < 4.78 is 13.3. The van der Waals surface area contributed by atoms with Crippen LogP contribution in [-0.4, -0.2) is 41.2 Å². The summed E-state index contributed by atoms with van der Waals surface area (Å²) >= 11 is 1.03. The molecule has 0 radical (unpaired) electrons. The molecule has 9 nitrogen and oxygen atoms in total. The van der Waals surface area contributed by atoms with Crippen molar-refractivity contribution < 1.29 is 23.9 Å². The van der Waals surface area contributed by atoms with Gasteiger partial charge >= 0.3 is 5.97 Å². The number of esters is 1. The summed E-state index contributed by atoms with van der Waals surface area (Å²) in [4.78, 5) is 50.7. The second-order valence-corrected chi connectivity index (χ2v) is 7.84. The Balaban J connectivity index is 1.34. The van der Waals surface area contributed by atoms with Crippen molar-refractivity contribution in [2.24, 2.45) is 20.6 Å². The molecule has 0 spiro atoms. The molecule has 0 unspecified atom stereocenters. The molecular formula is C19H20N4O5S. The van der Waals surface area contributed by atoms with E-state index >= 15 is 0 Å². The van der Waals surface area contributed by atoms with E-state index in [1.54, 1.807) is 18.2 Å². The summed E-state index contributed by atoms with van der Waals surface area (Å²) in [7, 11) is 0. The van der Waals surface area contributed by atoms with Gasteiger partial charge in [0, 0.05) is 0 Å². The number of amides is 3. The first kappa shape index (κ1) is 19.4. The molecule has 3 atom stereocenters. The number of hydrogen-bond donors (Lipinski definition) is 1. The van der Waals surface area contributed by atoms with Crippen molar-refractivity contribution in [3.63, 3.8) is 0 Å². The zero-order chi connectivity index (χ0) is 20.5. The van der Waals surface area contributed by atoms with Gasteiger partial charge in [0.1, 0.15) is 17.4 Å². The molecule has 152 valence electrons. The Hall–Kier alpha value is -2.88. The van der Waals surface area contributed by atoms with Crippen LogP contribution >= 0.6 is 0 Å². The highest BCUT2D eigenvalue weighted by molar-refractivity contribution is 7.58. The molecule has 1 aromatic carbocycles. The van der Waals surface area contributed by atoms with Crippen molar-refractivity contribution >= 4 is 52.1 Å². The number of benzene rings is 1. The number of ether oxygens (including phenoxy) is 1. The van der Waals surface area contributed by atoms with Crippen molar-refractivity contribution in [3.8, 4) is 0 Å². The Bertz CT molecular complexity index is 947. The third kappa shape index (κ3) is 3.59. The second-order valence-electron chi connectivity index (χ2n) is 7.31. The summed E-state index contributed by atoms with van der Waals surface area (Å²) in [6, 6.07) is 4.13. The summed E-state index contributed by atoms with van der Waals surface area (Å²) in [5, 5.41) is 2.63. The fourth-order valence-corrected chi connectivity index (χ4v) is 4.58. The second kappa shape index (κ2) is 7.86. The fourth-order valence-electron chi connectivity index (χ4n) is 4.03. The van der Waals surface area contributed by atoms with Crippen molar-refractivity contribution in [2.75, 3.05) is 11.9 Å². The molecule has 3 amide bonds. The van der Waals surface area contributed by atoms with Gasteiger partial charge in [-0.25, -0.2) is 4.79 Å². The predicted octanol–water partition coefficient (Wildman–Crippen LogP) is 2.46. The van der Waals surface area contributed by atoms with E-state index < -0.39 is 24.5 Å². The van der Waals surface area contributed by atoms with Gasteiger partial charge in [0.05, 0.1) is 28.9 Å². The summed E-state index contributed by atoms with van der Waals surface area (Å²) in [5.41, 5.74) is 1.69. The van der Waals surface area contributed by atoms with Gasteiger partial charge in [-0.05, 0) is 31.9 Å². The van der Waals surface area contributed by atoms with Gasteiger partial charge in [0.25, 0.3) is 5.91 Å². The van der Waals surface area contributed by atoms with Gasteiger partial charge in [0.2, 0.25) is 11.8 Å². The molecule has 1 N–H and O–H groups in total. The number of anilines is 1. The lowest BCUT2D eigenvalue weighted by Crippen LogP contribution is -2.45. The molecule has 0 bridgehead atoms. The normalized spacial score (nSPS) is 23.3. The van der Waals surface area contributed by atoms with Gasteiger partial charge in [-0.1, -0.05) is 18.9 Å². The Morgan fingerprint density at radius 1 is 1.21 bits per heavy atom. The van der Waals surface area contributed by atoms with Gasteiger partial charge in [0.15, 0.2) is 6.61 Å². The molecule has 1 saturated carbocycles. The monoisotopic (exact) mass is 416 g/mol. The molecule has 29 heavy (non-hydrogen) atoms. The molecule has 2 heterocycles. The van der Waals surface area contributed by atoms with Crippen LogP contribution in [0.1, 0.15) is 32.6 Å². The van der Waals surface area contributed by atoms with Gasteiger partial charge in [-0.15, -0.1) is 0 Å².